The normalized spacial score (nSPS) is 19.1. The molecule has 0 bridgehead atoms. The van der Waals surface area contributed by atoms with Crippen molar-refractivity contribution < 1.29 is 18.7 Å². The summed E-state index contributed by atoms with van der Waals surface area (Å²) in [7, 11) is 1.38. The molecule has 3 rings (SSSR count). The fourth-order valence-corrected chi connectivity index (χ4v) is 4.15. The van der Waals surface area contributed by atoms with Crippen LogP contribution in [0.1, 0.15) is 55.3 Å². The number of rotatable bonds is 6. The zero-order chi connectivity index (χ0) is 19.2. The third-order valence-corrected chi connectivity index (χ3v) is 5.80. The van der Waals surface area contributed by atoms with Gasteiger partial charge in [0.2, 0.25) is 5.91 Å². The summed E-state index contributed by atoms with van der Waals surface area (Å²) < 4.78 is 18.6. The predicted octanol–water partition coefficient (Wildman–Crippen LogP) is 3.27. The van der Waals surface area contributed by atoms with Gasteiger partial charge in [-0.25, -0.2) is 4.39 Å². The van der Waals surface area contributed by atoms with Crippen molar-refractivity contribution >= 4 is 11.7 Å². The molecule has 2 aliphatic rings. The zero-order valence-corrected chi connectivity index (χ0v) is 16.1. The molecule has 1 amide bonds. The highest BCUT2D eigenvalue weighted by Gasteiger charge is 2.27. The molecule has 0 spiro atoms. The number of hydrogen-bond acceptors (Lipinski definition) is 4. The minimum Gasteiger partial charge on any atom is -0.494 e. The predicted molar refractivity (Wildman–Crippen MR) is 102 cm³/mol. The van der Waals surface area contributed by atoms with Gasteiger partial charge in [0.05, 0.1) is 7.11 Å². The molecule has 5 nitrogen and oxygen atoms in total. The number of methoxy groups -OCH3 is 1. The molecule has 1 aromatic rings. The summed E-state index contributed by atoms with van der Waals surface area (Å²) in [6.45, 7) is 3.32. The quantitative estimate of drug-likeness (QED) is 0.715. The summed E-state index contributed by atoms with van der Waals surface area (Å²) in [5.41, 5.74) is 0.281. The Kier molecular flexibility index (Phi) is 6.83. The highest BCUT2D eigenvalue weighted by Crippen LogP contribution is 2.24. The maximum atomic E-state index is 13.7. The molecule has 27 heavy (non-hydrogen) atoms. The number of amides is 1. The van der Waals surface area contributed by atoms with Crippen molar-refractivity contribution in [1.82, 2.24) is 9.80 Å². The minimum atomic E-state index is -0.562. The van der Waals surface area contributed by atoms with Crippen molar-refractivity contribution in [2.45, 2.75) is 51.0 Å². The molecule has 0 atom stereocenters. The lowest BCUT2D eigenvalue weighted by atomic mass is 9.94. The highest BCUT2D eigenvalue weighted by atomic mass is 19.1. The molecule has 0 radical (unpaired) electrons. The SMILES string of the molecule is COc1ccc(C(=O)CCC(=O)N2CCN(C3CCCCC3)CC2)cc1F. The van der Waals surface area contributed by atoms with E-state index in [2.05, 4.69) is 4.90 Å². The number of ether oxygens (including phenoxy) is 1. The smallest absolute Gasteiger partial charge is 0.223 e. The van der Waals surface area contributed by atoms with Gasteiger partial charge in [-0.15, -0.1) is 0 Å². The standard InChI is InChI=1S/C21H29FN2O3/c1-27-20-9-7-16(15-18(20)22)19(25)8-10-21(26)24-13-11-23(12-14-24)17-5-3-2-4-6-17/h7,9,15,17H,2-6,8,10-14H2,1H3. The molecule has 1 heterocycles. The lowest BCUT2D eigenvalue weighted by Crippen LogP contribution is -2.52. The van der Waals surface area contributed by atoms with Crippen molar-refractivity contribution in [3.63, 3.8) is 0 Å². The number of ketones is 1. The first kappa shape index (κ1) is 19.8. The van der Waals surface area contributed by atoms with E-state index >= 15 is 0 Å². The van der Waals surface area contributed by atoms with E-state index < -0.39 is 5.82 Å². The van der Waals surface area contributed by atoms with E-state index in [1.807, 2.05) is 4.90 Å². The Morgan fingerprint density at radius 3 is 2.41 bits per heavy atom. The molecule has 1 aliphatic heterocycles. The molecule has 2 fully saturated rings. The summed E-state index contributed by atoms with van der Waals surface area (Å²) in [5, 5.41) is 0. The summed E-state index contributed by atoms with van der Waals surface area (Å²) in [5.74, 6) is -0.654. The van der Waals surface area contributed by atoms with Crippen LogP contribution in [0.15, 0.2) is 18.2 Å². The number of Topliss-reactive ketones (excluding diaryl/α,β-unsaturated/α-hetero) is 1. The first-order chi connectivity index (χ1) is 13.1. The van der Waals surface area contributed by atoms with Crippen molar-refractivity contribution in [3.05, 3.63) is 29.6 Å². The van der Waals surface area contributed by atoms with Gasteiger partial charge in [-0.05, 0) is 31.0 Å². The van der Waals surface area contributed by atoms with Crippen LogP contribution in [0.2, 0.25) is 0 Å². The first-order valence-electron chi connectivity index (χ1n) is 9.97. The average Bonchev–Trinajstić information content (AvgIpc) is 2.72. The molecule has 1 saturated heterocycles. The van der Waals surface area contributed by atoms with Gasteiger partial charge in [0.15, 0.2) is 17.3 Å². The molecule has 1 saturated carbocycles. The van der Waals surface area contributed by atoms with E-state index in [0.29, 0.717) is 6.04 Å². The molecule has 0 N–H and O–H groups in total. The van der Waals surface area contributed by atoms with Gasteiger partial charge >= 0.3 is 0 Å². The Morgan fingerprint density at radius 2 is 1.78 bits per heavy atom. The van der Waals surface area contributed by atoms with Gasteiger partial charge in [-0.2, -0.15) is 0 Å². The fourth-order valence-electron chi connectivity index (χ4n) is 4.15. The number of nitrogens with zero attached hydrogens (tertiary/aromatic N) is 2. The minimum absolute atomic E-state index is 0.0145. The third kappa shape index (κ3) is 5.06. The monoisotopic (exact) mass is 376 g/mol. The highest BCUT2D eigenvalue weighted by molar-refractivity contribution is 5.98. The van der Waals surface area contributed by atoms with Crippen LogP contribution in [-0.4, -0.2) is 60.8 Å². The summed E-state index contributed by atoms with van der Waals surface area (Å²) in [6, 6.07) is 4.84. The molecule has 0 aromatic heterocycles. The second-order valence-electron chi connectivity index (χ2n) is 7.48. The van der Waals surface area contributed by atoms with Gasteiger partial charge in [-0.1, -0.05) is 19.3 Å². The van der Waals surface area contributed by atoms with Crippen LogP contribution in [0.5, 0.6) is 5.75 Å². The number of carbonyl (C=O) groups excluding carboxylic acids is 2. The lowest BCUT2D eigenvalue weighted by Gasteiger charge is -2.40. The first-order valence-corrected chi connectivity index (χ1v) is 9.97. The van der Waals surface area contributed by atoms with Gasteiger partial charge in [0, 0.05) is 50.6 Å². The zero-order valence-electron chi connectivity index (χ0n) is 16.1. The van der Waals surface area contributed by atoms with Crippen LogP contribution in [0.25, 0.3) is 0 Å². The van der Waals surface area contributed by atoms with Crippen LogP contribution in [-0.2, 0) is 4.79 Å². The Labute approximate surface area is 160 Å². The largest absolute Gasteiger partial charge is 0.494 e. The van der Waals surface area contributed by atoms with Crippen molar-refractivity contribution in [1.29, 1.82) is 0 Å². The lowest BCUT2D eigenvalue weighted by molar-refractivity contribution is -0.133. The Balaban J connectivity index is 1.44. The second-order valence-corrected chi connectivity index (χ2v) is 7.48. The van der Waals surface area contributed by atoms with Crippen molar-refractivity contribution in [3.8, 4) is 5.75 Å². The molecular formula is C21H29FN2O3. The Morgan fingerprint density at radius 1 is 1.07 bits per heavy atom. The number of halogens is 1. The molecule has 148 valence electrons. The molecule has 1 aliphatic carbocycles. The van der Waals surface area contributed by atoms with Crippen molar-refractivity contribution in [2.75, 3.05) is 33.3 Å². The topological polar surface area (TPSA) is 49.9 Å². The van der Waals surface area contributed by atoms with E-state index in [-0.39, 0.29) is 35.8 Å². The second kappa shape index (κ2) is 9.31. The average molecular weight is 376 g/mol. The summed E-state index contributed by atoms with van der Waals surface area (Å²) >= 11 is 0. The van der Waals surface area contributed by atoms with Gasteiger partial charge in [0.25, 0.3) is 0 Å². The van der Waals surface area contributed by atoms with Crippen LogP contribution < -0.4 is 4.74 Å². The number of benzene rings is 1. The maximum Gasteiger partial charge on any atom is 0.223 e. The van der Waals surface area contributed by atoms with Gasteiger partial charge < -0.3 is 9.64 Å². The van der Waals surface area contributed by atoms with E-state index in [0.717, 1.165) is 26.2 Å². The van der Waals surface area contributed by atoms with E-state index in [1.54, 1.807) is 0 Å². The molecule has 0 unspecified atom stereocenters. The van der Waals surface area contributed by atoms with Crippen LogP contribution >= 0.6 is 0 Å². The van der Waals surface area contributed by atoms with E-state index in [4.69, 9.17) is 4.74 Å². The Bertz CT molecular complexity index is 665. The van der Waals surface area contributed by atoms with Crippen LogP contribution in [0, 0.1) is 5.82 Å². The van der Waals surface area contributed by atoms with Gasteiger partial charge in [0.1, 0.15) is 0 Å². The van der Waals surface area contributed by atoms with E-state index in [9.17, 15) is 14.0 Å². The van der Waals surface area contributed by atoms with Crippen LogP contribution in [0.3, 0.4) is 0 Å². The van der Waals surface area contributed by atoms with Gasteiger partial charge in [-0.3, -0.25) is 14.5 Å². The molecule has 1 aromatic carbocycles. The van der Waals surface area contributed by atoms with Crippen molar-refractivity contribution in [2.24, 2.45) is 0 Å². The summed E-state index contributed by atoms with van der Waals surface area (Å²) in [6.07, 6.45) is 6.82. The third-order valence-electron chi connectivity index (χ3n) is 5.80. The summed E-state index contributed by atoms with van der Waals surface area (Å²) in [4.78, 5) is 29.1. The molecular weight excluding hydrogens is 347 g/mol. The number of hydrogen-bond donors (Lipinski definition) is 0. The number of piperazine rings is 1. The Hall–Kier alpha value is -1.95. The maximum absolute atomic E-state index is 13.7. The number of carbonyl (C=O) groups is 2. The van der Waals surface area contributed by atoms with Crippen LogP contribution in [0.4, 0.5) is 4.39 Å². The van der Waals surface area contributed by atoms with E-state index in [1.165, 1.54) is 57.4 Å². The fraction of sp³-hybridized carbons (Fsp3) is 0.619. The molecule has 6 heteroatoms.